The predicted molar refractivity (Wildman–Crippen MR) is 88.0 cm³/mol. The van der Waals surface area contributed by atoms with Gasteiger partial charge in [0.25, 0.3) is 0 Å². The molecule has 0 saturated carbocycles. The molecule has 0 bridgehead atoms. The lowest BCUT2D eigenvalue weighted by atomic mass is 9.93. The van der Waals surface area contributed by atoms with E-state index in [1.54, 1.807) is 4.31 Å². The molecule has 21 heavy (non-hydrogen) atoms. The average molecular weight is 310 g/mol. The molecule has 0 aromatic heterocycles. The Labute approximate surface area is 128 Å². The van der Waals surface area contributed by atoms with Crippen LogP contribution in [0.25, 0.3) is 0 Å². The fraction of sp³-hybridized carbons (Fsp3) is 0.625. The third-order valence-corrected chi connectivity index (χ3v) is 5.52. The summed E-state index contributed by atoms with van der Waals surface area (Å²) in [7, 11) is -3.44. The van der Waals surface area contributed by atoms with Crippen LogP contribution in [-0.2, 0) is 10.2 Å². The number of benzene rings is 1. The number of hydrogen-bond donors (Lipinski definition) is 1. The topological polar surface area (TPSA) is 49.4 Å². The van der Waals surface area contributed by atoms with Gasteiger partial charge in [0, 0.05) is 13.1 Å². The van der Waals surface area contributed by atoms with Crippen molar-refractivity contribution in [1.82, 2.24) is 4.31 Å². The molecule has 0 amide bonds. The average Bonchev–Trinajstić information content (AvgIpc) is 2.92. The summed E-state index contributed by atoms with van der Waals surface area (Å²) in [4.78, 5) is 0. The number of nitrogens with one attached hydrogen (secondary N) is 1. The summed E-state index contributed by atoms with van der Waals surface area (Å²) < 4.78 is 29.5. The molecular weight excluding hydrogens is 284 g/mol. The highest BCUT2D eigenvalue weighted by atomic mass is 32.2. The van der Waals surface area contributed by atoms with Crippen LogP contribution in [0.15, 0.2) is 18.2 Å². The van der Waals surface area contributed by atoms with Crippen molar-refractivity contribution in [1.29, 1.82) is 0 Å². The first-order chi connectivity index (χ1) is 9.83. The molecule has 118 valence electrons. The summed E-state index contributed by atoms with van der Waals surface area (Å²) in [6.45, 7) is 9.60. The van der Waals surface area contributed by atoms with E-state index in [9.17, 15) is 8.42 Å². The quantitative estimate of drug-likeness (QED) is 0.901. The van der Waals surface area contributed by atoms with Crippen LogP contribution in [0.4, 0.5) is 5.69 Å². The van der Waals surface area contributed by atoms with E-state index in [1.807, 2.05) is 18.2 Å². The van der Waals surface area contributed by atoms with Crippen LogP contribution in [0.5, 0.6) is 0 Å². The van der Waals surface area contributed by atoms with Crippen LogP contribution in [0.3, 0.4) is 0 Å². The Balaban J connectivity index is 2.42. The molecule has 5 heteroatoms. The highest BCUT2D eigenvalue weighted by molar-refractivity contribution is 7.90. The lowest BCUT2D eigenvalue weighted by molar-refractivity contribution is 0.482. The Kier molecular flexibility index (Phi) is 4.94. The second kappa shape index (κ2) is 6.36. The number of nitrogens with zero attached hydrogens (tertiary/aromatic N) is 1. The van der Waals surface area contributed by atoms with Crippen molar-refractivity contribution < 1.29 is 8.42 Å². The summed E-state index contributed by atoms with van der Waals surface area (Å²) in [5, 5.41) is 0. The Morgan fingerprint density at radius 3 is 1.90 bits per heavy atom. The summed E-state index contributed by atoms with van der Waals surface area (Å²) in [5.74, 6) is 0.556. The van der Waals surface area contributed by atoms with Crippen molar-refractivity contribution in [2.75, 3.05) is 17.8 Å². The molecule has 1 saturated heterocycles. The van der Waals surface area contributed by atoms with Crippen molar-refractivity contribution in [3.8, 4) is 0 Å². The smallest absolute Gasteiger partial charge is 0.270 e. The molecule has 1 aliphatic heterocycles. The van der Waals surface area contributed by atoms with Gasteiger partial charge < -0.3 is 0 Å². The molecule has 0 spiro atoms. The SMILES string of the molecule is CC(C)c1cccc(C(C)C)c1NS(=O)(=O)N1CCCC1. The normalized spacial score (nSPS) is 16.9. The molecule has 1 aromatic carbocycles. The maximum absolute atomic E-state index is 12.6. The summed E-state index contributed by atoms with van der Waals surface area (Å²) in [6.07, 6.45) is 1.90. The van der Waals surface area contributed by atoms with Gasteiger partial charge in [-0.25, -0.2) is 0 Å². The van der Waals surface area contributed by atoms with E-state index < -0.39 is 10.2 Å². The molecule has 0 radical (unpaired) electrons. The van der Waals surface area contributed by atoms with Crippen LogP contribution in [-0.4, -0.2) is 25.8 Å². The third-order valence-electron chi connectivity index (χ3n) is 4.01. The fourth-order valence-electron chi connectivity index (χ4n) is 2.79. The molecule has 0 unspecified atom stereocenters. The van der Waals surface area contributed by atoms with Crippen molar-refractivity contribution in [2.24, 2.45) is 0 Å². The van der Waals surface area contributed by atoms with E-state index in [4.69, 9.17) is 0 Å². The molecular formula is C16H26N2O2S. The first kappa shape index (κ1) is 16.3. The molecule has 0 aliphatic carbocycles. The van der Waals surface area contributed by atoms with Crippen molar-refractivity contribution in [2.45, 2.75) is 52.4 Å². The van der Waals surface area contributed by atoms with Crippen molar-refractivity contribution in [3.63, 3.8) is 0 Å². The van der Waals surface area contributed by atoms with Crippen LogP contribution >= 0.6 is 0 Å². The Hall–Kier alpha value is -1.07. The van der Waals surface area contributed by atoms with E-state index in [0.717, 1.165) is 29.7 Å². The maximum atomic E-state index is 12.6. The Bertz CT molecular complexity index is 562. The molecule has 1 N–H and O–H groups in total. The zero-order valence-corrected chi connectivity index (χ0v) is 14.2. The van der Waals surface area contributed by atoms with E-state index in [-0.39, 0.29) is 11.8 Å². The molecule has 2 rings (SSSR count). The van der Waals surface area contributed by atoms with E-state index in [1.165, 1.54) is 0 Å². The standard InChI is InChI=1S/C16H26N2O2S/c1-12(2)14-8-7-9-15(13(3)4)16(14)17-21(19,20)18-10-5-6-11-18/h7-9,12-13,17H,5-6,10-11H2,1-4H3. The number of hydrogen-bond acceptors (Lipinski definition) is 2. The first-order valence-electron chi connectivity index (χ1n) is 7.73. The van der Waals surface area contributed by atoms with Crippen LogP contribution in [0, 0.1) is 0 Å². The fourth-order valence-corrected chi connectivity index (χ4v) is 4.15. The van der Waals surface area contributed by atoms with Gasteiger partial charge in [-0.2, -0.15) is 12.7 Å². The van der Waals surface area contributed by atoms with E-state index in [0.29, 0.717) is 13.1 Å². The minimum absolute atomic E-state index is 0.278. The summed E-state index contributed by atoms with van der Waals surface area (Å²) in [6, 6.07) is 6.04. The van der Waals surface area contributed by atoms with Gasteiger partial charge >= 0.3 is 10.2 Å². The van der Waals surface area contributed by atoms with Gasteiger partial charge in [0.15, 0.2) is 0 Å². The Morgan fingerprint density at radius 2 is 1.48 bits per heavy atom. The van der Waals surface area contributed by atoms with Gasteiger partial charge in [-0.3, -0.25) is 4.72 Å². The molecule has 0 atom stereocenters. The molecule has 1 fully saturated rings. The summed E-state index contributed by atoms with van der Waals surface area (Å²) >= 11 is 0. The maximum Gasteiger partial charge on any atom is 0.301 e. The molecule has 1 aliphatic rings. The van der Waals surface area contributed by atoms with E-state index >= 15 is 0 Å². The second-order valence-electron chi connectivity index (χ2n) is 6.33. The summed E-state index contributed by atoms with van der Waals surface area (Å²) in [5.41, 5.74) is 2.89. The molecule has 4 nitrogen and oxygen atoms in total. The van der Waals surface area contributed by atoms with Gasteiger partial charge in [0.1, 0.15) is 0 Å². The highest BCUT2D eigenvalue weighted by Crippen LogP contribution is 2.33. The van der Waals surface area contributed by atoms with E-state index in [2.05, 4.69) is 32.4 Å². The lowest BCUT2D eigenvalue weighted by Crippen LogP contribution is -2.34. The number of para-hydroxylation sites is 1. The number of anilines is 1. The van der Waals surface area contributed by atoms with Crippen molar-refractivity contribution in [3.05, 3.63) is 29.3 Å². The molecule has 1 heterocycles. The minimum atomic E-state index is -3.44. The zero-order valence-electron chi connectivity index (χ0n) is 13.4. The third kappa shape index (κ3) is 3.58. The Morgan fingerprint density at radius 1 is 1.00 bits per heavy atom. The minimum Gasteiger partial charge on any atom is -0.270 e. The van der Waals surface area contributed by atoms with Gasteiger partial charge in [0.2, 0.25) is 0 Å². The lowest BCUT2D eigenvalue weighted by Gasteiger charge is -2.23. The van der Waals surface area contributed by atoms with Gasteiger partial charge in [-0.05, 0) is 35.8 Å². The molecule has 1 aromatic rings. The van der Waals surface area contributed by atoms with Gasteiger partial charge in [0.05, 0.1) is 5.69 Å². The second-order valence-corrected chi connectivity index (χ2v) is 8.00. The zero-order chi connectivity index (χ0) is 15.6. The van der Waals surface area contributed by atoms with Crippen LogP contribution in [0.1, 0.15) is 63.5 Å². The largest absolute Gasteiger partial charge is 0.301 e. The monoisotopic (exact) mass is 310 g/mol. The number of rotatable bonds is 5. The first-order valence-corrected chi connectivity index (χ1v) is 9.17. The van der Waals surface area contributed by atoms with Gasteiger partial charge in [-0.15, -0.1) is 0 Å². The predicted octanol–water partition coefficient (Wildman–Crippen LogP) is 3.69. The highest BCUT2D eigenvalue weighted by Gasteiger charge is 2.27. The van der Waals surface area contributed by atoms with Crippen LogP contribution in [0.2, 0.25) is 0 Å². The van der Waals surface area contributed by atoms with Crippen molar-refractivity contribution >= 4 is 15.9 Å². The van der Waals surface area contributed by atoms with Crippen LogP contribution < -0.4 is 4.72 Å². The van der Waals surface area contributed by atoms with Gasteiger partial charge in [-0.1, -0.05) is 45.9 Å².